The molecule has 0 radical (unpaired) electrons. The summed E-state index contributed by atoms with van der Waals surface area (Å²) in [6.45, 7) is 1.39. The molecule has 1 saturated carbocycles. The molecule has 1 aliphatic rings. The van der Waals surface area contributed by atoms with E-state index in [1.54, 1.807) is 6.92 Å². The van der Waals surface area contributed by atoms with Gasteiger partial charge < -0.3 is 10.1 Å². The van der Waals surface area contributed by atoms with Crippen molar-refractivity contribution in [3.05, 3.63) is 61.5 Å². The number of nitrogens with one attached hydrogen (secondary N) is 1. The summed E-state index contributed by atoms with van der Waals surface area (Å²) < 4.78 is 6.81. The number of nitro benzene ring substituents is 1. The quantitative estimate of drug-likeness (QED) is 0.329. The number of aromatic nitrogens is 2. The van der Waals surface area contributed by atoms with Crippen LogP contribution < -0.4 is 10.9 Å². The van der Waals surface area contributed by atoms with Gasteiger partial charge >= 0.3 is 5.97 Å². The van der Waals surface area contributed by atoms with Crippen molar-refractivity contribution in [1.82, 2.24) is 9.55 Å². The number of non-ortho nitro benzene ring substituents is 1. The van der Waals surface area contributed by atoms with Gasteiger partial charge in [0.1, 0.15) is 22.4 Å². The number of aryl methyl sites for hydroxylation is 1. The standard InChI is InChI=1S/C22H22N4O6S/c1-13-18-20(33-19(13)22(29)32-16-5-3-2-4-6-16)23-12-25(21(18)28)11-17(27)24-14-7-9-15(10-8-14)26(30)31/h7-10,12,16H,2-6,11H2,1H3,(H,24,27). The number of ether oxygens (including phenoxy) is 1. The molecular weight excluding hydrogens is 448 g/mol. The molecule has 0 spiro atoms. The number of nitro groups is 1. The number of fused-ring (bicyclic) bond motifs is 1. The number of rotatable bonds is 6. The first kappa shape index (κ1) is 22.6. The van der Waals surface area contributed by atoms with Crippen molar-refractivity contribution in [3.63, 3.8) is 0 Å². The summed E-state index contributed by atoms with van der Waals surface area (Å²) in [4.78, 5) is 53.3. The van der Waals surface area contributed by atoms with Crippen LogP contribution >= 0.6 is 11.3 Å². The molecule has 10 nitrogen and oxygen atoms in total. The van der Waals surface area contributed by atoms with Gasteiger partial charge in [-0.2, -0.15) is 0 Å². The minimum Gasteiger partial charge on any atom is -0.458 e. The third-order valence-electron chi connectivity index (χ3n) is 5.60. The van der Waals surface area contributed by atoms with Crippen molar-refractivity contribution in [2.45, 2.75) is 51.7 Å². The molecule has 0 saturated heterocycles. The Hall–Kier alpha value is -3.60. The van der Waals surface area contributed by atoms with Crippen LogP contribution in [0.1, 0.15) is 47.3 Å². The molecule has 1 fully saturated rings. The van der Waals surface area contributed by atoms with Crippen LogP contribution in [0.2, 0.25) is 0 Å². The average Bonchev–Trinajstić information content (AvgIpc) is 3.14. The molecule has 2 aromatic heterocycles. The van der Waals surface area contributed by atoms with Gasteiger partial charge in [0.15, 0.2) is 0 Å². The van der Waals surface area contributed by atoms with Crippen molar-refractivity contribution in [2.24, 2.45) is 0 Å². The molecule has 0 atom stereocenters. The average molecular weight is 471 g/mol. The van der Waals surface area contributed by atoms with Gasteiger partial charge in [-0.1, -0.05) is 6.42 Å². The van der Waals surface area contributed by atoms with E-state index in [0.717, 1.165) is 43.4 Å². The monoisotopic (exact) mass is 470 g/mol. The zero-order valence-electron chi connectivity index (χ0n) is 17.9. The Bertz CT molecular complexity index is 1270. The summed E-state index contributed by atoms with van der Waals surface area (Å²) in [7, 11) is 0. The highest BCUT2D eigenvalue weighted by molar-refractivity contribution is 7.20. The van der Waals surface area contributed by atoms with E-state index in [1.165, 1.54) is 35.2 Å². The Morgan fingerprint density at radius 1 is 1.24 bits per heavy atom. The predicted molar refractivity (Wildman–Crippen MR) is 123 cm³/mol. The molecule has 1 aliphatic carbocycles. The molecule has 3 aromatic rings. The van der Waals surface area contributed by atoms with E-state index in [-0.39, 0.29) is 18.3 Å². The van der Waals surface area contributed by atoms with E-state index in [4.69, 9.17) is 4.74 Å². The van der Waals surface area contributed by atoms with Gasteiger partial charge in [0, 0.05) is 17.8 Å². The third kappa shape index (κ3) is 4.92. The van der Waals surface area contributed by atoms with Crippen LogP contribution in [0.3, 0.4) is 0 Å². The molecule has 11 heteroatoms. The number of hydrogen-bond acceptors (Lipinski definition) is 8. The van der Waals surface area contributed by atoms with E-state index >= 15 is 0 Å². The summed E-state index contributed by atoms with van der Waals surface area (Å²) in [5.74, 6) is -0.929. The summed E-state index contributed by atoms with van der Waals surface area (Å²) >= 11 is 1.11. The third-order valence-corrected chi connectivity index (χ3v) is 6.78. The van der Waals surface area contributed by atoms with Gasteiger partial charge in [-0.3, -0.25) is 24.3 Å². The minimum absolute atomic E-state index is 0.0929. The van der Waals surface area contributed by atoms with Gasteiger partial charge in [-0.25, -0.2) is 9.78 Å². The lowest BCUT2D eigenvalue weighted by Crippen LogP contribution is -2.28. The molecule has 1 aromatic carbocycles. The summed E-state index contributed by atoms with van der Waals surface area (Å²) in [6.07, 6.45) is 6.11. The first-order chi connectivity index (χ1) is 15.8. The Kier molecular flexibility index (Phi) is 6.50. The van der Waals surface area contributed by atoms with Crippen molar-refractivity contribution < 1.29 is 19.2 Å². The maximum atomic E-state index is 13.0. The van der Waals surface area contributed by atoms with Gasteiger partial charge in [-0.15, -0.1) is 11.3 Å². The molecule has 172 valence electrons. The van der Waals surface area contributed by atoms with E-state index in [2.05, 4.69) is 10.3 Å². The minimum atomic E-state index is -0.533. The maximum absolute atomic E-state index is 13.0. The maximum Gasteiger partial charge on any atom is 0.348 e. The van der Waals surface area contributed by atoms with Crippen LogP contribution in [0.5, 0.6) is 0 Å². The smallest absolute Gasteiger partial charge is 0.348 e. The molecule has 33 heavy (non-hydrogen) atoms. The van der Waals surface area contributed by atoms with Crippen LogP contribution in [-0.2, 0) is 16.1 Å². The number of carbonyl (C=O) groups is 2. The van der Waals surface area contributed by atoms with Crippen molar-refractivity contribution in [2.75, 3.05) is 5.32 Å². The highest BCUT2D eigenvalue weighted by Gasteiger charge is 2.24. The van der Waals surface area contributed by atoms with Crippen LogP contribution in [-0.4, -0.2) is 32.5 Å². The fourth-order valence-corrected chi connectivity index (χ4v) is 4.90. The Morgan fingerprint density at radius 2 is 1.94 bits per heavy atom. The first-order valence-electron chi connectivity index (χ1n) is 10.6. The van der Waals surface area contributed by atoms with Gasteiger partial charge in [0.05, 0.1) is 16.6 Å². The number of thiophene rings is 1. The lowest BCUT2D eigenvalue weighted by atomic mass is 9.98. The molecule has 1 N–H and O–H groups in total. The Balaban J connectivity index is 1.50. The fraction of sp³-hybridized carbons (Fsp3) is 0.364. The Morgan fingerprint density at radius 3 is 2.61 bits per heavy atom. The van der Waals surface area contributed by atoms with Crippen molar-refractivity contribution in [3.8, 4) is 0 Å². The van der Waals surface area contributed by atoms with Crippen LogP contribution in [0.4, 0.5) is 11.4 Å². The number of hydrogen-bond donors (Lipinski definition) is 1. The molecular formula is C22H22N4O6S. The van der Waals surface area contributed by atoms with E-state index < -0.39 is 22.4 Å². The molecule has 2 heterocycles. The Labute approximate surface area is 192 Å². The van der Waals surface area contributed by atoms with Crippen LogP contribution in [0.25, 0.3) is 10.2 Å². The van der Waals surface area contributed by atoms with Crippen LogP contribution in [0.15, 0.2) is 35.4 Å². The van der Waals surface area contributed by atoms with E-state index in [0.29, 0.717) is 26.3 Å². The highest BCUT2D eigenvalue weighted by atomic mass is 32.1. The van der Waals surface area contributed by atoms with Crippen molar-refractivity contribution >= 4 is 44.8 Å². The fourth-order valence-electron chi connectivity index (χ4n) is 3.88. The number of amides is 1. The van der Waals surface area contributed by atoms with Crippen LogP contribution in [0, 0.1) is 17.0 Å². The number of esters is 1. The second-order valence-electron chi connectivity index (χ2n) is 7.93. The van der Waals surface area contributed by atoms with Gasteiger partial charge in [0.25, 0.3) is 11.2 Å². The van der Waals surface area contributed by atoms with Gasteiger partial charge in [-0.05, 0) is 50.3 Å². The molecule has 0 unspecified atom stereocenters. The van der Waals surface area contributed by atoms with Gasteiger partial charge in [0.2, 0.25) is 5.91 Å². The molecule has 4 rings (SSSR count). The zero-order valence-corrected chi connectivity index (χ0v) is 18.7. The summed E-state index contributed by atoms with van der Waals surface area (Å²) in [5.41, 5.74) is 0.347. The highest BCUT2D eigenvalue weighted by Crippen LogP contribution is 2.29. The molecule has 0 bridgehead atoms. The number of nitrogens with zero attached hydrogens (tertiary/aromatic N) is 3. The van der Waals surface area contributed by atoms with E-state index in [9.17, 15) is 24.5 Å². The SMILES string of the molecule is Cc1c(C(=O)OC2CCCCC2)sc2ncn(CC(=O)Nc3ccc([N+](=O)[O-])cc3)c(=O)c12. The first-order valence-corrected chi connectivity index (χ1v) is 11.4. The second kappa shape index (κ2) is 9.49. The summed E-state index contributed by atoms with van der Waals surface area (Å²) in [6, 6.07) is 5.37. The lowest BCUT2D eigenvalue weighted by molar-refractivity contribution is -0.384. The number of benzene rings is 1. The topological polar surface area (TPSA) is 133 Å². The molecule has 0 aliphatic heterocycles. The van der Waals surface area contributed by atoms with E-state index in [1.807, 2.05) is 0 Å². The molecule has 1 amide bonds. The summed E-state index contributed by atoms with van der Waals surface area (Å²) in [5, 5.41) is 13.6. The number of anilines is 1. The normalized spacial score (nSPS) is 14.2. The number of carbonyl (C=O) groups excluding carboxylic acids is 2. The largest absolute Gasteiger partial charge is 0.458 e. The predicted octanol–water partition coefficient (Wildman–Crippen LogP) is 3.80. The zero-order chi connectivity index (χ0) is 23.5. The second-order valence-corrected chi connectivity index (χ2v) is 8.93. The lowest BCUT2D eigenvalue weighted by Gasteiger charge is -2.21. The van der Waals surface area contributed by atoms with Crippen molar-refractivity contribution in [1.29, 1.82) is 0 Å².